The number of hydrogen-bond donors (Lipinski definition) is 5. The minimum atomic E-state index is -1.12. The molecule has 9 heteroatoms. The summed E-state index contributed by atoms with van der Waals surface area (Å²) in [5, 5.41) is 23.8. The summed E-state index contributed by atoms with van der Waals surface area (Å²) in [6, 6.07) is 6.79. The molecule has 2 rings (SSSR count). The van der Waals surface area contributed by atoms with E-state index in [1.165, 1.54) is 0 Å². The summed E-state index contributed by atoms with van der Waals surface area (Å²) in [6.45, 7) is 0.834. The van der Waals surface area contributed by atoms with Crippen LogP contribution in [0.3, 0.4) is 0 Å². The molecule has 153 valence electrons. The van der Waals surface area contributed by atoms with Crippen LogP contribution in [-0.4, -0.2) is 48.9 Å². The van der Waals surface area contributed by atoms with Crippen molar-refractivity contribution in [3.63, 3.8) is 0 Å². The minimum Gasteiger partial charge on any atom is -0.508 e. The fraction of sp³-hybridized carbons (Fsp3) is 0.579. The summed E-state index contributed by atoms with van der Waals surface area (Å²) < 4.78 is 5.04. The Labute approximate surface area is 166 Å². The summed E-state index contributed by atoms with van der Waals surface area (Å²) in [5.41, 5.74) is 5.36. The van der Waals surface area contributed by atoms with Gasteiger partial charge in [-0.15, -0.1) is 0 Å². The van der Waals surface area contributed by atoms with Crippen molar-refractivity contribution in [1.29, 1.82) is 0 Å². The molecule has 1 aromatic carbocycles. The molecular formula is C19H29BN3O5. The van der Waals surface area contributed by atoms with E-state index in [-0.39, 0.29) is 17.6 Å². The third kappa shape index (κ3) is 5.95. The molecule has 0 aromatic heterocycles. The SMILES string of the molecule is NCCC[C@H](NC(=O)C1(C(=O)NCCc2ccc(O)cc2)CCCC1)O[B]O. The van der Waals surface area contributed by atoms with E-state index >= 15 is 0 Å². The number of hydrogen-bond acceptors (Lipinski definition) is 6. The van der Waals surface area contributed by atoms with E-state index in [0.717, 1.165) is 18.4 Å². The van der Waals surface area contributed by atoms with Gasteiger partial charge in [0.25, 0.3) is 0 Å². The number of aromatic hydroxyl groups is 1. The van der Waals surface area contributed by atoms with Gasteiger partial charge in [-0.1, -0.05) is 25.0 Å². The Morgan fingerprint density at radius 3 is 2.50 bits per heavy atom. The second-order valence-electron chi connectivity index (χ2n) is 7.10. The van der Waals surface area contributed by atoms with Crippen LogP contribution in [0.2, 0.25) is 0 Å². The highest BCUT2D eigenvalue weighted by Crippen LogP contribution is 2.38. The predicted octanol–water partition coefficient (Wildman–Crippen LogP) is 0.336. The monoisotopic (exact) mass is 390 g/mol. The van der Waals surface area contributed by atoms with Crippen LogP contribution in [0, 0.1) is 5.41 Å². The van der Waals surface area contributed by atoms with E-state index in [2.05, 4.69) is 10.6 Å². The number of nitrogens with one attached hydrogen (secondary N) is 2. The van der Waals surface area contributed by atoms with Crippen molar-refractivity contribution in [3.8, 4) is 5.75 Å². The molecule has 1 saturated carbocycles. The van der Waals surface area contributed by atoms with Crippen LogP contribution >= 0.6 is 0 Å². The Bertz CT molecular complexity index is 635. The summed E-state index contributed by atoms with van der Waals surface area (Å²) in [4.78, 5) is 25.8. The smallest absolute Gasteiger partial charge is 0.486 e. The fourth-order valence-electron chi connectivity index (χ4n) is 3.52. The number of amides is 2. The van der Waals surface area contributed by atoms with Crippen LogP contribution in [0.1, 0.15) is 44.1 Å². The average molecular weight is 390 g/mol. The molecule has 1 atom stereocenters. The Morgan fingerprint density at radius 1 is 1.21 bits per heavy atom. The standard InChI is InChI=1S/C19H29BN3O5/c21-12-3-4-16(28-20-27)23-18(26)19(10-1-2-11-19)17(25)22-13-9-14-5-7-15(24)8-6-14/h5-8,16,24,27H,1-4,9-13,21H2,(H,22,25)(H,23,26)/t16-/m1/s1. The van der Waals surface area contributed by atoms with Crippen molar-refractivity contribution >= 4 is 19.5 Å². The first-order valence-corrected chi connectivity index (χ1v) is 9.70. The molecule has 0 aliphatic heterocycles. The first kappa shape index (κ1) is 22.2. The number of nitrogens with two attached hydrogens (primary N) is 1. The van der Waals surface area contributed by atoms with Gasteiger partial charge in [-0.25, -0.2) is 0 Å². The molecule has 1 aliphatic carbocycles. The number of carbonyl (C=O) groups excluding carboxylic acids is 2. The number of rotatable bonds is 11. The maximum atomic E-state index is 12.9. The summed E-state index contributed by atoms with van der Waals surface area (Å²) >= 11 is 0. The first-order valence-electron chi connectivity index (χ1n) is 9.70. The lowest BCUT2D eigenvalue weighted by atomic mass is 9.83. The lowest BCUT2D eigenvalue weighted by Crippen LogP contribution is -2.53. The number of phenols is 1. The van der Waals surface area contributed by atoms with Crippen LogP contribution < -0.4 is 16.4 Å². The molecule has 1 radical (unpaired) electrons. The lowest BCUT2D eigenvalue weighted by Gasteiger charge is -2.29. The molecule has 6 N–H and O–H groups in total. The molecule has 28 heavy (non-hydrogen) atoms. The van der Waals surface area contributed by atoms with Gasteiger partial charge in [-0.3, -0.25) is 9.59 Å². The van der Waals surface area contributed by atoms with E-state index in [4.69, 9.17) is 15.4 Å². The van der Waals surface area contributed by atoms with E-state index in [1.54, 1.807) is 24.3 Å². The van der Waals surface area contributed by atoms with Crippen LogP contribution in [0.15, 0.2) is 24.3 Å². The summed E-state index contributed by atoms with van der Waals surface area (Å²) in [6.07, 6.45) is 3.52. The molecular weight excluding hydrogens is 361 g/mol. The van der Waals surface area contributed by atoms with Gasteiger partial charge in [0, 0.05) is 6.54 Å². The van der Waals surface area contributed by atoms with Gasteiger partial charge in [0.1, 0.15) is 17.4 Å². The van der Waals surface area contributed by atoms with Crippen LogP contribution in [0.5, 0.6) is 5.75 Å². The Hall–Kier alpha value is -2.10. The molecule has 0 spiro atoms. The minimum absolute atomic E-state index is 0.195. The Kier molecular flexibility index (Phi) is 8.75. The van der Waals surface area contributed by atoms with Crippen molar-refractivity contribution in [2.24, 2.45) is 11.1 Å². The van der Waals surface area contributed by atoms with Crippen molar-refractivity contribution < 1.29 is 24.4 Å². The van der Waals surface area contributed by atoms with Crippen molar-refractivity contribution in [3.05, 3.63) is 29.8 Å². The van der Waals surface area contributed by atoms with Gasteiger partial charge in [0.15, 0.2) is 0 Å². The molecule has 8 nitrogen and oxygen atoms in total. The Morgan fingerprint density at radius 2 is 1.89 bits per heavy atom. The van der Waals surface area contributed by atoms with Gasteiger partial charge in [-0.05, 0) is 56.3 Å². The largest absolute Gasteiger partial charge is 0.508 e. The number of carbonyl (C=O) groups is 2. The molecule has 2 amide bonds. The maximum absolute atomic E-state index is 12.9. The van der Waals surface area contributed by atoms with Gasteiger partial charge < -0.3 is 31.2 Å². The Balaban J connectivity index is 1.95. The number of phenolic OH excluding ortho intramolecular Hbond substituents is 1. The van der Waals surface area contributed by atoms with E-state index in [0.29, 0.717) is 52.9 Å². The molecule has 0 unspecified atom stereocenters. The van der Waals surface area contributed by atoms with Gasteiger partial charge in [-0.2, -0.15) is 0 Å². The highest BCUT2D eigenvalue weighted by Gasteiger charge is 2.48. The zero-order valence-corrected chi connectivity index (χ0v) is 16.0. The second kappa shape index (κ2) is 11.0. The molecule has 1 aromatic rings. The van der Waals surface area contributed by atoms with Gasteiger partial charge in [0.05, 0.1) is 0 Å². The fourth-order valence-corrected chi connectivity index (χ4v) is 3.52. The van der Waals surface area contributed by atoms with Crippen molar-refractivity contribution in [1.82, 2.24) is 10.6 Å². The van der Waals surface area contributed by atoms with E-state index in [9.17, 15) is 14.7 Å². The van der Waals surface area contributed by atoms with Gasteiger partial charge in [0.2, 0.25) is 11.8 Å². The van der Waals surface area contributed by atoms with E-state index < -0.39 is 11.6 Å². The summed E-state index contributed by atoms with van der Waals surface area (Å²) in [5.74, 6) is -0.469. The highest BCUT2D eigenvalue weighted by molar-refractivity contribution is 6.16. The van der Waals surface area contributed by atoms with Gasteiger partial charge >= 0.3 is 7.69 Å². The molecule has 1 fully saturated rings. The zero-order chi connectivity index (χ0) is 20.4. The number of benzene rings is 1. The molecule has 0 saturated heterocycles. The van der Waals surface area contributed by atoms with Crippen LogP contribution in [0.4, 0.5) is 0 Å². The predicted molar refractivity (Wildman–Crippen MR) is 105 cm³/mol. The summed E-state index contributed by atoms with van der Waals surface area (Å²) in [7, 11) is 0.542. The lowest BCUT2D eigenvalue weighted by molar-refractivity contribution is -0.145. The maximum Gasteiger partial charge on any atom is 0.486 e. The molecule has 0 bridgehead atoms. The molecule has 0 heterocycles. The molecule has 1 aliphatic rings. The third-order valence-electron chi connectivity index (χ3n) is 5.15. The topological polar surface area (TPSA) is 134 Å². The quantitative estimate of drug-likeness (QED) is 0.210. The highest BCUT2D eigenvalue weighted by atomic mass is 16.5. The third-order valence-corrected chi connectivity index (χ3v) is 5.15. The van der Waals surface area contributed by atoms with Crippen LogP contribution in [0.25, 0.3) is 0 Å². The average Bonchev–Trinajstić information content (AvgIpc) is 3.19. The normalized spacial score (nSPS) is 16.4. The van der Waals surface area contributed by atoms with Crippen molar-refractivity contribution in [2.45, 2.75) is 51.2 Å². The van der Waals surface area contributed by atoms with Crippen LogP contribution in [-0.2, 0) is 20.7 Å². The van der Waals surface area contributed by atoms with Crippen molar-refractivity contribution in [2.75, 3.05) is 13.1 Å². The zero-order valence-electron chi connectivity index (χ0n) is 16.0. The van der Waals surface area contributed by atoms with E-state index in [1.807, 2.05) is 0 Å². The second-order valence-corrected chi connectivity index (χ2v) is 7.10. The first-order chi connectivity index (χ1) is 13.5.